The monoisotopic (exact) mass is 310 g/mol. The van der Waals surface area contributed by atoms with Gasteiger partial charge in [0.15, 0.2) is 11.5 Å². The van der Waals surface area contributed by atoms with Gasteiger partial charge in [0.25, 0.3) is 0 Å². The number of hydrogen-bond acceptors (Lipinski definition) is 3. The maximum absolute atomic E-state index is 10.7. The van der Waals surface area contributed by atoms with Crippen molar-refractivity contribution in [3.8, 4) is 11.5 Å². The number of benzene rings is 1. The van der Waals surface area contributed by atoms with Crippen LogP contribution in [0.3, 0.4) is 0 Å². The summed E-state index contributed by atoms with van der Waals surface area (Å²) < 4.78 is 11.2. The average Bonchev–Trinajstić information content (AvgIpc) is 2.94. The number of hydrogen-bond donors (Lipinski definition) is 1. The molecule has 21 heavy (non-hydrogen) atoms. The predicted molar refractivity (Wildman–Crippen MR) is 83.1 cm³/mol. The summed E-state index contributed by atoms with van der Waals surface area (Å²) in [6.07, 6.45) is 3.32. The third-order valence-electron chi connectivity index (χ3n) is 4.82. The predicted octanol–water partition coefficient (Wildman–Crippen LogP) is 4.22. The largest absolute Gasteiger partial charge is 0.490 e. The summed E-state index contributed by atoms with van der Waals surface area (Å²) in [6.45, 7) is 4.99. The summed E-state index contributed by atoms with van der Waals surface area (Å²) >= 11 is 6.37. The molecule has 0 amide bonds. The van der Waals surface area contributed by atoms with Gasteiger partial charge in [-0.25, -0.2) is 0 Å². The van der Waals surface area contributed by atoms with Crippen LogP contribution in [-0.4, -0.2) is 18.3 Å². The van der Waals surface area contributed by atoms with Crippen LogP contribution in [-0.2, 0) is 0 Å². The Labute approximate surface area is 131 Å². The van der Waals surface area contributed by atoms with Crippen LogP contribution in [0.25, 0.3) is 0 Å². The number of aliphatic hydroxyl groups is 1. The number of halogens is 1. The number of ether oxygens (including phenoxy) is 2. The summed E-state index contributed by atoms with van der Waals surface area (Å²) in [7, 11) is 0. The second-order valence-corrected chi connectivity index (χ2v) is 6.37. The second-order valence-electron chi connectivity index (χ2n) is 5.97. The molecule has 0 aromatic heterocycles. The molecule has 0 aliphatic heterocycles. The topological polar surface area (TPSA) is 38.7 Å². The van der Waals surface area contributed by atoms with E-state index in [4.69, 9.17) is 21.1 Å². The highest BCUT2D eigenvalue weighted by atomic mass is 35.5. The van der Waals surface area contributed by atoms with Crippen molar-refractivity contribution in [2.45, 2.75) is 39.2 Å². The zero-order chi connectivity index (χ0) is 15.0. The van der Waals surface area contributed by atoms with Gasteiger partial charge in [0.2, 0.25) is 0 Å². The Bertz CT molecular complexity index is 507. The van der Waals surface area contributed by atoms with Gasteiger partial charge in [0.1, 0.15) is 0 Å². The summed E-state index contributed by atoms with van der Waals surface area (Å²) in [6, 6.07) is 3.63. The van der Waals surface area contributed by atoms with E-state index in [0.29, 0.717) is 47.5 Å². The molecule has 0 radical (unpaired) electrons. The van der Waals surface area contributed by atoms with E-state index in [-0.39, 0.29) is 0 Å². The number of aliphatic hydroxyl groups excluding tert-OH is 1. The smallest absolute Gasteiger partial charge is 0.162 e. The Hall–Kier alpha value is -0.930. The van der Waals surface area contributed by atoms with Gasteiger partial charge in [-0.2, -0.15) is 0 Å². The van der Waals surface area contributed by atoms with Crippen LogP contribution in [0.2, 0.25) is 5.02 Å². The maximum Gasteiger partial charge on any atom is 0.162 e. The molecule has 2 saturated carbocycles. The minimum atomic E-state index is -0.484. The van der Waals surface area contributed by atoms with E-state index in [0.717, 1.165) is 5.56 Å². The molecule has 2 aliphatic rings. The molecule has 0 heterocycles. The number of fused-ring (bicyclic) bond motifs is 1. The zero-order valence-electron chi connectivity index (χ0n) is 12.6. The Morgan fingerprint density at radius 1 is 1.14 bits per heavy atom. The fourth-order valence-electron chi connectivity index (χ4n) is 3.87. The lowest BCUT2D eigenvalue weighted by Crippen LogP contribution is -2.07. The van der Waals surface area contributed by atoms with Crippen LogP contribution in [0.5, 0.6) is 11.5 Å². The normalized spacial score (nSPS) is 28.1. The zero-order valence-corrected chi connectivity index (χ0v) is 13.4. The Morgan fingerprint density at radius 3 is 2.29 bits per heavy atom. The highest BCUT2D eigenvalue weighted by Crippen LogP contribution is 2.62. The molecule has 1 N–H and O–H groups in total. The average molecular weight is 311 g/mol. The van der Waals surface area contributed by atoms with Gasteiger partial charge in [0, 0.05) is 11.6 Å². The van der Waals surface area contributed by atoms with Crippen LogP contribution in [0.15, 0.2) is 12.1 Å². The summed E-state index contributed by atoms with van der Waals surface area (Å²) in [5.41, 5.74) is 0.781. The third-order valence-corrected chi connectivity index (χ3v) is 5.15. The first-order chi connectivity index (χ1) is 10.2. The van der Waals surface area contributed by atoms with Gasteiger partial charge in [-0.05, 0) is 50.5 Å². The molecule has 2 fully saturated rings. The van der Waals surface area contributed by atoms with Crippen molar-refractivity contribution in [3.05, 3.63) is 22.7 Å². The van der Waals surface area contributed by atoms with Crippen LogP contribution in [0, 0.1) is 17.8 Å². The molecule has 3 nitrogen and oxygen atoms in total. The van der Waals surface area contributed by atoms with E-state index >= 15 is 0 Å². The van der Waals surface area contributed by atoms with E-state index in [1.165, 1.54) is 19.3 Å². The molecule has 3 rings (SSSR count). The Morgan fingerprint density at radius 2 is 1.71 bits per heavy atom. The molecule has 4 heteroatoms. The van der Waals surface area contributed by atoms with E-state index in [2.05, 4.69) is 0 Å². The lowest BCUT2D eigenvalue weighted by atomic mass is 9.99. The first-order valence-electron chi connectivity index (χ1n) is 7.94. The van der Waals surface area contributed by atoms with Crippen LogP contribution in [0.4, 0.5) is 0 Å². The molecule has 3 atom stereocenters. The van der Waals surface area contributed by atoms with Crippen molar-refractivity contribution in [2.24, 2.45) is 17.8 Å². The van der Waals surface area contributed by atoms with Crippen LogP contribution in [0.1, 0.15) is 44.8 Å². The molecule has 1 aromatic carbocycles. The molecule has 3 unspecified atom stereocenters. The van der Waals surface area contributed by atoms with Gasteiger partial charge < -0.3 is 14.6 Å². The van der Waals surface area contributed by atoms with Crippen molar-refractivity contribution in [1.29, 1.82) is 0 Å². The van der Waals surface area contributed by atoms with Gasteiger partial charge >= 0.3 is 0 Å². The Kier molecular flexibility index (Phi) is 4.32. The van der Waals surface area contributed by atoms with Gasteiger partial charge in [-0.1, -0.05) is 18.0 Å². The molecule has 0 bridgehead atoms. The summed E-state index contributed by atoms with van der Waals surface area (Å²) in [4.78, 5) is 0. The van der Waals surface area contributed by atoms with Gasteiger partial charge in [-0.15, -0.1) is 0 Å². The lowest BCUT2D eigenvalue weighted by molar-refractivity contribution is 0.136. The van der Waals surface area contributed by atoms with E-state index < -0.39 is 6.10 Å². The van der Waals surface area contributed by atoms with Crippen molar-refractivity contribution < 1.29 is 14.6 Å². The quantitative estimate of drug-likeness (QED) is 0.855. The lowest BCUT2D eigenvalue weighted by Gasteiger charge is -2.18. The van der Waals surface area contributed by atoms with Crippen molar-refractivity contribution >= 4 is 11.6 Å². The minimum absolute atomic E-state index is 0.378. The van der Waals surface area contributed by atoms with Crippen LogP contribution < -0.4 is 9.47 Å². The van der Waals surface area contributed by atoms with Crippen molar-refractivity contribution in [1.82, 2.24) is 0 Å². The van der Waals surface area contributed by atoms with Crippen molar-refractivity contribution in [3.63, 3.8) is 0 Å². The molecule has 2 aliphatic carbocycles. The van der Waals surface area contributed by atoms with Gasteiger partial charge in [-0.3, -0.25) is 0 Å². The molecule has 0 saturated heterocycles. The minimum Gasteiger partial charge on any atom is -0.490 e. The van der Waals surface area contributed by atoms with E-state index in [9.17, 15) is 5.11 Å². The molecular formula is C17H23ClO3. The van der Waals surface area contributed by atoms with Crippen molar-refractivity contribution in [2.75, 3.05) is 13.2 Å². The standard InChI is InChI=1S/C17H23ClO3/c1-3-20-14-8-12(13(18)9-15(14)21-4-2)17(19)16-10-6-5-7-11(10)16/h8-11,16-17,19H,3-7H2,1-2H3. The fraction of sp³-hybridized carbons (Fsp3) is 0.647. The number of rotatable bonds is 6. The summed E-state index contributed by atoms with van der Waals surface area (Å²) in [5, 5.41) is 11.2. The van der Waals surface area contributed by atoms with E-state index in [1.54, 1.807) is 6.07 Å². The first kappa shape index (κ1) is 15.0. The molecule has 116 valence electrons. The second kappa shape index (κ2) is 6.05. The molecular weight excluding hydrogens is 288 g/mol. The van der Waals surface area contributed by atoms with Gasteiger partial charge in [0.05, 0.1) is 24.3 Å². The Balaban J connectivity index is 1.85. The maximum atomic E-state index is 10.7. The van der Waals surface area contributed by atoms with E-state index in [1.807, 2.05) is 19.9 Å². The molecule has 0 spiro atoms. The molecule has 1 aromatic rings. The highest BCUT2D eigenvalue weighted by molar-refractivity contribution is 6.31. The fourth-order valence-corrected chi connectivity index (χ4v) is 4.13. The van der Waals surface area contributed by atoms with Crippen LogP contribution >= 0.6 is 11.6 Å². The third kappa shape index (κ3) is 2.74. The summed E-state index contributed by atoms with van der Waals surface area (Å²) in [5.74, 6) is 3.08. The SMILES string of the molecule is CCOc1cc(Cl)c(C(O)C2C3CCCC32)cc1OCC. The highest BCUT2D eigenvalue weighted by Gasteiger charge is 2.56. The first-order valence-corrected chi connectivity index (χ1v) is 8.32.